The average molecular weight is 372 g/mol. The maximum absolute atomic E-state index is 12.7. The van der Waals surface area contributed by atoms with E-state index in [0.717, 1.165) is 5.56 Å². The molecule has 1 unspecified atom stereocenters. The second-order valence-corrected chi connectivity index (χ2v) is 7.68. The number of rotatable bonds is 4. The van der Waals surface area contributed by atoms with Crippen molar-refractivity contribution in [3.8, 4) is 5.75 Å². The highest BCUT2D eigenvalue weighted by atomic mass is 16.5. The van der Waals surface area contributed by atoms with E-state index in [0.29, 0.717) is 17.4 Å². The van der Waals surface area contributed by atoms with Crippen molar-refractivity contribution in [3.63, 3.8) is 0 Å². The largest absolute Gasteiger partial charge is 0.483 e. The average Bonchev–Trinajstić information content (AvgIpc) is 2.98. The van der Waals surface area contributed by atoms with Gasteiger partial charge in [-0.3, -0.25) is 4.79 Å². The molecular formula is C19H24N4O4. The lowest BCUT2D eigenvalue weighted by atomic mass is 9.86. The molecule has 8 nitrogen and oxygen atoms in total. The summed E-state index contributed by atoms with van der Waals surface area (Å²) in [4.78, 5) is 25.7. The van der Waals surface area contributed by atoms with E-state index in [2.05, 4.69) is 31.0 Å². The van der Waals surface area contributed by atoms with E-state index in [1.807, 2.05) is 24.3 Å². The second kappa shape index (κ2) is 7.02. The van der Waals surface area contributed by atoms with Crippen molar-refractivity contribution in [3.05, 3.63) is 41.5 Å². The Balaban J connectivity index is 1.77. The predicted octanol–water partition coefficient (Wildman–Crippen LogP) is 1.76. The zero-order valence-corrected chi connectivity index (χ0v) is 16.0. The van der Waals surface area contributed by atoms with Crippen molar-refractivity contribution < 1.29 is 19.4 Å². The molecule has 1 aromatic carbocycles. The molecule has 0 saturated heterocycles. The van der Waals surface area contributed by atoms with Gasteiger partial charge < -0.3 is 19.3 Å². The van der Waals surface area contributed by atoms with Crippen LogP contribution in [0.25, 0.3) is 0 Å². The summed E-state index contributed by atoms with van der Waals surface area (Å²) in [7, 11) is 0. The Kier molecular flexibility index (Phi) is 4.91. The van der Waals surface area contributed by atoms with Crippen molar-refractivity contribution in [2.45, 2.75) is 52.2 Å². The molecule has 1 aliphatic rings. The zero-order chi connectivity index (χ0) is 19.8. The number of para-hydroxylation sites is 1. The molecule has 2 aromatic rings. The summed E-state index contributed by atoms with van der Waals surface area (Å²) in [6.07, 6.45) is 0. The van der Waals surface area contributed by atoms with E-state index in [-0.39, 0.29) is 25.1 Å². The van der Waals surface area contributed by atoms with Crippen molar-refractivity contribution in [2.24, 2.45) is 0 Å². The van der Waals surface area contributed by atoms with Crippen LogP contribution in [0.2, 0.25) is 0 Å². The number of benzene rings is 1. The molecule has 0 radical (unpaired) electrons. The fourth-order valence-electron chi connectivity index (χ4n) is 3.22. The first-order valence-corrected chi connectivity index (χ1v) is 8.81. The number of amides is 1. The van der Waals surface area contributed by atoms with E-state index < -0.39 is 17.9 Å². The molecule has 1 amide bonds. The highest BCUT2D eigenvalue weighted by molar-refractivity contribution is 5.84. The van der Waals surface area contributed by atoms with Crippen LogP contribution < -0.4 is 4.74 Å². The Morgan fingerprint density at radius 3 is 2.63 bits per heavy atom. The van der Waals surface area contributed by atoms with Gasteiger partial charge in [-0.2, -0.15) is 0 Å². The molecule has 3 rings (SSSR count). The Morgan fingerprint density at radius 2 is 1.96 bits per heavy atom. The van der Waals surface area contributed by atoms with Crippen LogP contribution in [0, 0.1) is 6.92 Å². The van der Waals surface area contributed by atoms with Crippen molar-refractivity contribution >= 4 is 11.9 Å². The van der Waals surface area contributed by atoms with E-state index >= 15 is 0 Å². The van der Waals surface area contributed by atoms with Crippen LogP contribution in [0.1, 0.15) is 38.0 Å². The van der Waals surface area contributed by atoms with Crippen LogP contribution >= 0.6 is 0 Å². The Labute approximate surface area is 157 Å². The number of fused-ring (bicyclic) bond motifs is 1. The Bertz CT molecular complexity index is 869. The molecule has 2 heterocycles. The molecule has 0 spiro atoms. The summed E-state index contributed by atoms with van der Waals surface area (Å²) >= 11 is 0. The quantitative estimate of drug-likeness (QED) is 0.878. The van der Waals surface area contributed by atoms with E-state index in [1.54, 1.807) is 11.5 Å². The summed E-state index contributed by atoms with van der Waals surface area (Å²) < 4.78 is 7.51. The standard InChI is InChI=1S/C19H24N4O4/c1-12-20-21-16-10-23(14(18(25)26)9-22(12)16)17(24)11-27-15-8-6-5-7-13(15)19(2,3)4/h5-8,14H,9-11H2,1-4H3,(H,25,26). The minimum absolute atomic E-state index is 0.0981. The summed E-state index contributed by atoms with van der Waals surface area (Å²) in [5.74, 6) is 0.392. The van der Waals surface area contributed by atoms with Gasteiger partial charge in [0.15, 0.2) is 12.4 Å². The number of ether oxygens (including phenoxy) is 1. The number of aromatic nitrogens is 3. The van der Waals surface area contributed by atoms with Crippen LogP contribution in [-0.2, 0) is 28.1 Å². The zero-order valence-electron chi connectivity index (χ0n) is 16.0. The monoisotopic (exact) mass is 372 g/mol. The lowest BCUT2D eigenvalue weighted by Crippen LogP contribution is -2.52. The van der Waals surface area contributed by atoms with Gasteiger partial charge in [0.25, 0.3) is 5.91 Å². The van der Waals surface area contributed by atoms with Crippen LogP contribution in [0.15, 0.2) is 24.3 Å². The Morgan fingerprint density at radius 1 is 1.26 bits per heavy atom. The van der Waals surface area contributed by atoms with Gasteiger partial charge in [0, 0.05) is 0 Å². The maximum atomic E-state index is 12.7. The summed E-state index contributed by atoms with van der Waals surface area (Å²) in [6, 6.07) is 6.59. The minimum atomic E-state index is -1.06. The number of nitrogens with zero attached hydrogens (tertiary/aromatic N) is 4. The van der Waals surface area contributed by atoms with E-state index in [4.69, 9.17) is 4.74 Å². The molecular weight excluding hydrogens is 348 g/mol. The van der Waals surface area contributed by atoms with Crippen molar-refractivity contribution in [1.82, 2.24) is 19.7 Å². The summed E-state index contributed by atoms with van der Waals surface area (Å²) in [5.41, 5.74) is 0.851. The molecule has 0 saturated carbocycles. The molecule has 0 fully saturated rings. The fraction of sp³-hybridized carbons (Fsp3) is 0.474. The molecule has 0 aliphatic carbocycles. The second-order valence-electron chi connectivity index (χ2n) is 7.68. The number of carboxylic acid groups (broad SMARTS) is 1. The van der Waals surface area contributed by atoms with Gasteiger partial charge in [-0.1, -0.05) is 39.0 Å². The fourth-order valence-corrected chi connectivity index (χ4v) is 3.22. The SMILES string of the molecule is Cc1nnc2n1CC(C(=O)O)N(C(=O)COc1ccccc1C(C)(C)C)C2. The molecule has 27 heavy (non-hydrogen) atoms. The summed E-state index contributed by atoms with van der Waals surface area (Å²) in [5, 5.41) is 17.6. The predicted molar refractivity (Wildman–Crippen MR) is 97.4 cm³/mol. The normalized spacial score (nSPS) is 16.7. The topological polar surface area (TPSA) is 97.5 Å². The van der Waals surface area contributed by atoms with Crippen LogP contribution in [0.4, 0.5) is 0 Å². The molecule has 8 heteroatoms. The highest BCUT2D eigenvalue weighted by Gasteiger charge is 2.36. The van der Waals surface area contributed by atoms with Gasteiger partial charge in [-0.05, 0) is 24.0 Å². The number of carbonyl (C=O) groups excluding carboxylic acids is 1. The van der Waals surface area contributed by atoms with Gasteiger partial charge in [0.1, 0.15) is 17.6 Å². The minimum Gasteiger partial charge on any atom is -0.483 e. The number of carbonyl (C=O) groups is 2. The number of aryl methyl sites for hydroxylation is 1. The van der Waals surface area contributed by atoms with Crippen molar-refractivity contribution in [2.75, 3.05) is 6.61 Å². The van der Waals surface area contributed by atoms with Crippen molar-refractivity contribution in [1.29, 1.82) is 0 Å². The number of hydrogen-bond acceptors (Lipinski definition) is 5. The Hall–Kier alpha value is -2.90. The van der Waals surface area contributed by atoms with E-state index in [9.17, 15) is 14.7 Å². The molecule has 1 atom stereocenters. The van der Waals surface area contributed by atoms with Gasteiger partial charge in [0.05, 0.1) is 13.1 Å². The third-order valence-corrected chi connectivity index (χ3v) is 4.71. The van der Waals surface area contributed by atoms with Gasteiger partial charge >= 0.3 is 5.97 Å². The molecule has 1 aromatic heterocycles. The first kappa shape index (κ1) is 18.9. The van der Waals surface area contributed by atoms with E-state index in [1.165, 1.54) is 4.90 Å². The lowest BCUT2D eigenvalue weighted by Gasteiger charge is -2.33. The molecule has 144 valence electrons. The van der Waals surface area contributed by atoms with Crippen LogP contribution in [0.5, 0.6) is 5.75 Å². The third kappa shape index (κ3) is 3.79. The number of hydrogen-bond donors (Lipinski definition) is 1. The van der Waals surface area contributed by atoms with Gasteiger partial charge in [0.2, 0.25) is 0 Å². The third-order valence-electron chi connectivity index (χ3n) is 4.71. The van der Waals surface area contributed by atoms with Crippen LogP contribution in [0.3, 0.4) is 0 Å². The van der Waals surface area contributed by atoms with Gasteiger partial charge in [-0.25, -0.2) is 4.79 Å². The smallest absolute Gasteiger partial charge is 0.328 e. The molecule has 0 bridgehead atoms. The summed E-state index contributed by atoms with van der Waals surface area (Å²) in [6.45, 7) is 7.96. The maximum Gasteiger partial charge on any atom is 0.328 e. The number of aliphatic carboxylic acids is 1. The molecule has 1 N–H and O–H groups in total. The van der Waals surface area contributed by atoms with Gasteiger partial charge in [-0.15, -0.1) is 10.2 Å². The highest BCUT2D eigenvalue weighted by Crippen LogP contribution is 2.31. The van der Waals surface area contributed by atoms with Crippen LogP contribution in [-0.4, -0.2) is 49.3 Å². The lowest BCUT2D eigenvalue weighted by molar-refractivity contribution is -0.153. The first-order valence-electron chi connectivity index (χ1n) is 8.81. The number of carboxylic acids is 1. The molecule has 1 aliphatic heterocycles. The first-order chi connectivity index (χ1) is 12.7.